The maximum Gasteiger partial charge on any atom is 0.337 e. The van der Waals surface area contributed by atoms with Crippen LogP contribution in [0.2, 0.25) is 5.02 Å². The lowest BCUT2D eigenvalue weighted by Gasteiger charge is -2.25. The summed E-state index contributed by atoms with van der Waals surface area (Å²) in [7, 11) is 0.736. The van der Waals surface area contributed by atoms with Gasteiger partial charge >= 0.3 is 5.97 Å². The molecular weight excluding hydrogens is 744 g/mol. The van der Waals surface area contributed by atoms with Gasteiger partial charge in [-0.25, -0.2) is 17.9 Å². The normalized spacial score (nSPS) is 11.5. The van der Waals surface area contributed by atoms with Gasteiger partial charge in [0.25, 0.3) is 0 Å². The molecule has 9 nitrogen and oxygen atoms in total. The second-order valence-electron chi connectivity index (χ2n) is 12.3. The molecule has 0 unspecified atom stereocenters. The molecule has 54 heavy (non-hydrogen) atoms. The van der Waals surface area contributed by atoms with Gasteiger partial charge in [-0.05, 0) is 77.4 Å². The molecule has 0 amide bonds. The Hall–Kier alpha value is -4.94. The van der Waals surface area contributed by atoms with Crippen molar-refractivity contribution < 1.29 is 32.2 Å². The van der Waals surface area contributed by atoms with E-state index in [9.17, 15) is 13.2 Å². The maximum absolute atomic E-state index is 13.4. The van der Waals surface area contributed by atoms with Gasteiger partial charge in [-0.15, -0.1) is 11.8 Å². The number of ether oxygens (including phenoxy) is 4. The maximum atomic E-state index is 13.4. The van der Waals surface area contributed by atoms with Crippen LogP contribution < -0.4 is 18.9 Å². The van der Waals surface area contributed by atoms with Crippen LogP contribution in [0.25, 0.3) is 10.9 Å². The van der Waals surface area contributed by atoms with E-state index >= 15 is 0 Å². The summed E-state index contributed by atoms with van der Waals surface area (Å²) >= 11 is 7.81. The number of benzene rings is 5. The number of thioether (sulfide) groups is 1. The Morgan fingerprint density at radius 3 is 2.09 bits per heavy atom. The molecule has 12 heteroatoms. The lowest BCUT2D eigenvalue weighted by Crippen LogP contribution is -2.28. The van der Waals surface area contributed by atoms with Crippen molar-refractivity contribution in [3.05, 3.63) is 154 Å². The number of carbonyl (C=O) groups is 1. The summed E-state index contributed by atoms with van der Waals surface area (Å²) in [5, 5.41) is 1.34. The Kier molecular flexibility index (Phi) is 12.9. The molecule has 0 bridgehead atoms. The fraction of sp³-hybridized carbons (Fsp3) is 0.214. The molecule has 1 heterocycles. The minimum absolute atomic E-state index is 0.154. The van der Waals surface area contributed by atoms with Crippen LogP contribution in [0.4, 0.5) is 0 Å². The molecule has 0 spiro atoms. The quantitative estimate of drug-likeness (QED) is 0.0725. The monoisotopic (exact) mass is 784 g/mol. The largest absolute Gasteiger partial charge is 0.497 e. The first-order chi connectivity index (χ1) is 26.2. The van der Waals surface area contributed by atoms with Crippen molar-refractivity contribution in [1.29, 1.82) is 0 Å². The van der Waals surface area contributed by atoms with Crippen LogP contribution in [0.1, 0.15) is 38.8 Å². The van der Waals surface area contributed by atoms with Crippen LogP contribution >= 0.6 is 23.4 Å². The molecule has 280 valence electrons. The highest BCUT2D eigenvalue weighted by Crippen LogP contribution is 2.38. The number of aromatic nitrogens is 1. The molecule has 6 rings (SSSR count). The first kappa shape index (κ1) is 38.8. The summed E-state index contributed by atoms with van der Waals surface area (Å²) in [6.45, 7) is 0.476. The Balaban J connectivity index is 1.35. The van der Waals surface area contributed by atoms with Gasteiger partial charge in [0.15, 0.2) is 0 Å². The number of fused-ring (bicyclic) bond motifs is 1. The zero-order valence-electron chi connectivity index (χ0n) is 30.2. The second-order valence-corrected chi connectivity index (χ2v) is 16.0. The SMILES string of the molecule is COC(=O)c1ccc(OCCc2c(CCNS(=O)(=O)CSc3cc(OC)ccc3OC)n(C(c3ccccc3)c3ccccc3)c3ccc(Cl)cc23)cc1. The molecule has 1 aromatic heterocycles. The van der Waals surface area contributed by atoms with Crippen LogP contribution in [0.15, 0.2) is 126 Å². The highest BCUT2D eigenvalue weighted by atomic mass is 35.5. The van der Waals surface area contributed by atoms with E-state index in [1.165, 1.54) is 7.11 Å². The van der Waals surface area contributed by atoms with Crippen molar-refractivity contribution >= 4 is 50.3 Å². The number of halogens is 1. The Bertz CT molecular complexity index is 2260. The minimum atomic E-state index is -3.72. The van der Waals surface area contributed by atoms with Crippen molar-refractivity contribution in [3.8, 4) is 17.2 Å². The average molecular weight is 785 g/mol. The van der Waals surface area contributed by atoms with Gasteiger partial charge in [0.1, 0.15) is 22.3 Å². The first-order valence-corrected chi connectivity index (χ1v) is 20.3. The van der Waals surface area contributed by atoms with Crippen molar-refractivity contribution in [1.82, 2.24) is 9.29 Å². The lowest BCUT2D eigenvalue weighted by molar-refractivity contribution is 0.0600. The molecule has 1 N–H and O–H groups in total. The van der Waals surface area contributed by atoms with Gasteiger partial charge in [0.05, 0.1) is 44.4 Å². The predicted octanol–water partition coefficient (Wildman–Crippen LogP) is 8.57. The predicted molar refractivity (Wildman–Crippen MR) is 215 cm³/mol. The van der Waals surface area contributed by atoms with E-state index in [-0.39, 0.29) is 17.7 Å². The summed E-state index contributed by atoms with van der Waals surface area (Å²) < 4.78 is 53.9. The van der Waals surface area contributed by atoms with Crippen molar-refractivity contribution in [2.75, 3.05) is 39.6 Å². The summed E-state index contributed by atoms with van der Waals surface area (Å²) in [4.78, 5) is 12.6. The molecule has 0 aliphatic rings. The number of sulfonamides is 1. The first-order valence-electron chi connectivity index (χ1n) is 17.3. The fourth-order valence-corrected chi connectivity index (χ4v) is 9.03. The molecule has 5 aromatic carbocycles. The Labute approximate surface area is 325 Å². The van der Waals surface area contributed by atoms with Crippen LogP contribution in [0.5, 0.6) is 17.2 Å². The van der Waals surface area contributed by atoms with Gasteiger partial charge in [0.2, 0.25) is 10.0 Å². The summed E-state index contributed by atoms with van der Waals surface area (Å²) in [5.74, 6) is 1.36. The number of carbonyl (C=O) groups excluding carboxylic acids is 1. The van der Waals surface area contributed by atoms with Gasteiger partial charge in [-0.1, -0.05) is 72.3 Å². The molecule has 6 aromatic rings. The summed E-state index contributed by atoms with van der Waals surface area (Å²) in [5.41, 5.74) is 5.52. The van der Waals surface area contributed by atoms with E-state index < -0.39 is 16.0 Å². The second kappa shape index (κ2) is 17.9. The number of esters is 1. The standard InChI is InChI=1S/C42H41ClN2O7S2/c1-49-34-19-21-39(50-2)40(27-34)53-28-54(47,48)44-24-22-38-35(23-25-52-33-17-14-31(15-18-33)42(46)51-3)36-26-32(43)16-20-37(36)45(38)41(29-10-6-4-7-11-29)30-12-8-5-9-13-30/h4-21,26-27,41,44H,22-25,28H2,1-3H3. The summed E-state index contributed by atoms with van der Waals surface area (Å²) in [6, 6.07) is 38.3. The average Bonchev–Trinajstić information content (AvgIpc) is 3.48. The van der Waals surface area contributed by atoms with E-state index in [0.29, 0.717) is 52.2 Å². The molecule has 0 saturated carbocycles. The smallest absolute Gasteiger partial charge is 0.337 e. The Morgan fingerprint density at radius 1 is 0.796 bits per heavy atom. The van der Waals surface area contributed by atoms with Crippen molar-refractivity contribution in [2.45, 2.75) is 23.8 Å². The molecule has 0 saturated heterocycles. The van der Waals surface area contributed by atoms with Crippen molar-refractivity contribution in [2.24, 2.45) is 0 Å². The number of hydrogen-bond donors (Lipinski definition) is 1. The van der Waals surface area contributed by atoms with Gasteiger partial charge in [0, 0.05) is 41.0 Å². The lowest BCUT2D eigenvalue weighted by atomic mass is 9.97. The molecule has 0 radical (unpaired) electrons. The van der Waals surface area contributed by atoms with Crippen LogP contribution in [0.3, 0.4) is 0 Å². The number of nitrogens with zero attached hydrogens (tertiary/aromatic N) is 1. The van der Waals surface area contributed by atoms with E-state index in [4.69, 9.17) is 30.5 Å². The van der Waals surface area contributed by atoms with E-state index in [0.717, 1.165) is 45.0 Å². The molecule has 0 aliphatic heterocycles. The van der Waals surface area contributed by atoms with Crippen molar-refractivity contribution in [3.63, 3.8) is 0 Å². The third kappa shape index (κ3) is 9.22. The highest BCUT2D eigenvalue weighted by molar-refractivity contribution is 8.11. The van der Waals surface area contributed by atoms with E-state index in [2.05, 4.69) is 33.6 Å². The molecule has 0 fully saturated rings. The third-order valence-electron chi connectivity index (χ3n) is 8.99. The third-order valence-corrected chi connectivity index (χ3v) is 12.2. The van der Waals surface area contributed by atoms with E-state index in [1.807, 2.05) is 54.6 Å². The number of methoxy groups -OCH3 is 3. The van der Waals surface area contributed by atoms with Gasteiger partial charge in [-0.3, -0.25) is 0 Å². The fourth-order valence-electron chi connectivity index (χ4n) is 6.49. The van der Waals surface area contributed by atoms with E-state index in [1.54, 1.807) is 56.7 Å². The van der Waals surface area contributed by atoms with Gasteiger partial charge in [-0.2, -0.15) is 0 Å². The minimum Gasteiger partial charge on any atom is -0.497 e. The zero-order chi connectivity index (χ0) is 38.1. The molecule has 0 atom stereocenters. The highest BCUT2D eigenvalue weighted by Gasteiger charge is 2.26. The Morgan fingerprint density at radius 2 is 1.46 bits per heavy atom. The van der Waals surface area contributed by atoms with Crippen LogP contribution in [0, 0.1) is 0 Å². The topological polar surface area (TPSA) is 105 Å². The number of nitrogens with one attached hydrogen (secondary N) is 1. The molecule has 0 aliphatic carbocycles. The summed E-state index contributed by atoms with van der Waals surface area (Å²) in [6.07, 6.45) is 0.893. The number of hydrogen-bond acceptors (Lipinski definition) is 8. The van der Waals surface area contributed by atoms with Crippen LogP contribution in [-0.2, 0) is 27.6 Å². The van der Waals surface area contributed by atoms with Gasteiger partial charge < -0.3 is 23.5 Å². The van der Waals surface area contributed by atoms with Crippen LogP contribution in [-0.4, -0.2) is 58.5 Å². The number of rotatable bonds is 17. The molecular formula is C42H41ClN2O7S2. The zero-order valence-corrected chi connectivity index (χ0v) is 32.5.